The van der Waals surface area contributed by atoms with E-state index < -0.39 is 6.61 Å². The highest BCUT2D eigenvalue weighted by Gasteiger charge is 2.50. The zero-order chi connectivity index (χ0) is 18.1. The van der Waals surface area contributed by atoms with Crippen LogP contribution >= 0.6 is 0 Å². The van der Waals surface area contributed by atoms with Crippen LogP contribution in [0.1, 0.15) is 50.5 Å². The van der Waals surface area contributed by atoms with Gasteiger partial charge in [-0.25, -0.2) is 0 Å². The molecule has 1 aromatic carbocycles. The van der Waals surface area contributed by atoms with E-state index in [-0.39, 0.29) is 18.1 Å². The molecule has 26 heavy (non-hydrogen) atoms. The zero-order valence-electron chi connectivity index (χ0n) is 15.1. The predicted molar refractivity (Wildman–Crippen MR) is 95.0 cm³/mol. The lowest BCUT2D eigenvalue weighted by atomic mass is 9.49. The molecule has 1 N–H and O–H groups in total. The number of hydrogen-bond donors (Lipinski definition) is 1. The van der Waals surface area contributed by atoms with Crippen molar-refractivity contribution < 1.29 is 18.3 Å². The normalized spacial score (nSPS) is 32.0. The number of alkyl halides is 2. The Morgan fingerprint density at radius 2 is 1.65 bits per heavy atom. The van der Waals surface area contributed by atoms with Crippen molar-refractivity contribution in [3.63, 3.8) is 0 Å². The van der Waals surface area contributed by atoms with Crippen molar-refractivity contribution in [3.8, 4) is 5.75 Å². The molecule has 142 valence electrons. The van der Waals surface area contributed by atoms with Gasteiger partial charge in [-0.15, -0.1) is 0 Å². The molecule has 0 radical (unpaired) electrons. The highest BCUT2D eigenvalue weighted by molar-refractivity contribution is 5.78. The summed E-state index contributed by atoms with van der Waals surface area (Å²) >= 11 is 0. The topological polar surface area (TPSA) is 38.3 Å². The van der Waals surface area contributed by atoms with E-state index in [1.54, 1.807) is 12.1 Å². The third-order valence-corrected chi connectivity index (χ3v) is 6.66. The summed E-state index contributed by atoms with van der Waals surface area (Å²) in [5.74, 6) is 2.92. The maximum absolute atomic E-state index is 12.2. The lowest BCUT2D eigenvalue weighted by Gasteiger charge is -2.57. The second-order valence-electron chi connectivity index (χ2n) is 8.72. The van der Waals surface area contributed by atoms with E-state index in [9.17, 15) is 13.6 Å². The van der Waals surface area contributed by atoms with Gasteiger partial charge in [-0.1, -0.05) is 12.1 Å². The molecule has 5 heteroatoms. The van der Waals surface area contributed by atoms with Crippen LogP contribution < -0.4 is 10.1 Å². The smallest absolute Gasteiger partial charge is 0.387 e. The molecule has 4 saturated carbocycles. The van der Waals surface area contributed by atoms with Gasteiger partial charge >= 0.3 is 6.61 Å². The van der Waals surface area contributed by atoms with Gasteiger partial charge in [-0.3, -0.25) is 4.79 Å². The average Bonchev–Trinajstić information content (AvgIpc) is 2.54. The van der Waals surface area contributed by atoms with Crippen LogP contribution in [0, 0.1) is 23.2 Å². The summed E-state index contributed by atoms with van der Waals surface area (Å²) in [6, 6.07) is 6.28. The first kappa shape index (κ1) is 17.7. The Kier molecular flexibility index (Phi) is 4.89. The number of halogens is 2. The van der Waals surface area contributed by atoms with E-state index in [1.807, 2.05) is 0 Å². The molecule has 4 bridgehead atoms. The van der Waals surface area contributed by atoms with E-state index in [0.717, 1.165) is 36.3 Å². The van der Waals surface area contributed by atoms with E-state index in [2.05, 4.69) is 10.1 Å². The molecule has 0 atom stereocenters. The number of ether oxygens (including phenoxy) is 1. The van der Waals surface area contributed by atoms with Crippen LogP contribution in [-0.4, -0.2) is 19.1 Å². The largest absolute Gasteiger partial charge is 0.435 e. The number of rotatable bonds is 7. The van der Waals surface area contributed by atoms with Crippen molar-refractivity contribution in [2.24, 2.45) is 23.2 Å². The van der Waals surface area contributed by atoms with Gasteiger partial charge in [0.15, 0.2) is 0 Å². The van der Waals surface area contributed by atoms with Crippen LogP contribution in [0.3, 0.4) is 0 Å². The fourth-order valence-electron chi connectivity index (χ4n) is 6.10. The van der Waals surface area contributed by atoms with Crippen LogP contribution in [0.2, 0.25) is 0 Å². The van der Waals surface area contributed by atoms with Crippen LogP contribution in [0.4, 0.5) is 8.78 Å². The standard InChI is InChI=1S/C21H27F2NO2/c22-20(23)26-18-3-1-14(2-4-18)10-19(25)24-6-5-21-11-15-7-16(12-21)9-17(8-15)13-21/h1-4,15-17,20H,5-13H2,(H,24,25). The lowest BCUT2D eigenvalue weighted by Crippen LogP contribution is -2.47. The van der Waals surface area contributed by atoms with Crippen LogP contribution in [0.5, 0.6) is 5.75 Å². The van der Waals surface area contributed by atoms with Gasteiger partial charge in [0.05, 0.1) is 6.42 Å². The fourth-order valence-corrected chi connectivity index (χ4v) is 6.10. The summed E-state index contributed by atoms with van der Waals surface area (Å²) in [6.07, 6.45) is 9.78. The summed E-state index contributed by atoms with van der Waals surface area (Å²) in [6.45, 7) is -2.08. The van der Waals surface area contributed by atoms with Gasteiger partial charge < -0.3 is 10.1 Å². The van der Waals surface area contributed by atoms with Crippen molar-refractivity contribution in [1.29, 1.82) is 0 Å². The summed E-state index contributed by atoms with van der Waals surface area (Å²) in [4.78, 5) is 12.2. The van der Waals surface area contributed by atoms with Crippen LogP contribution in [0.15, 0.2) is 24.3 Å². The Labute approximate surface area is 153 Å². The highest BCUT2D eigenvalue weighted by Crippen LogP contribution is 2.61. The number of nitrogens with one attached hydrogen (secondary N) is 1. The first-order valence-corrected chi connectivity index (χ1v) is 9.80. The second-order valence-corrected chi connectivity index (χ2v) is 8.72. The highest BCUT2D eigenvalue weighted by atomic mass is 19.3. The maximum atomic E-state index is 12.2. The minimum absolute atomic E-state index is 0.00254. The molecule has 0 heterocycles. The lowest BCUT2D eigenvalue weighted by molar-refractivity contribution is -0.120. The number of amides is 1. The molecule has 4 fully saturated rings. The Bertz CT molecular complexity index is 609. The number of hydrogen-bond acceptors (Lipinski definition) is 2. The van der Waals surface area contributed by atoms with E-state index in [1.165, 1.54) is 50.7 Å². The van der Waals surface area contributed by atoms with Gasteiger partial charge in [0, 0.05) is 6.54 Å². The van der Waals surface area contributed by atoms with Gasteiger partial charge in [-0.05, 0) is 85.8 Å². The van der Waals surface area contributed by atoms with Crippen molar-refractivity contribution in [1.82, 2.24) is 5.32 Å². The third kappa shape index (κ3) is 4.02. The molecule has 4 aliphatic rings. The van der Waals surface area contributed by atoms with E-state index in [4.69, 9.17) is 0 Å². The fraction of sp³-hybridized carbons (Fsp3) is 0.667. The van der Waals surface area contributed by atoms with Crippen molar-refractivity contribution in [3.05, 3.63) is 29.8 Å². The molecule has 0 aromatic heterocycles. The van der Waals surface area contributed by atoms with Crippen molar-refractivity contribution in [2.75, 3.05) is 6.54 Å². The van der Waals surface area contributed by atoms with E-state index in [0.29, 0.717) is 5.41 Å². The van der Waals surface area contributed by atoms with Gasteiger partial charge in [-0.2, -0.15) is 8.78 Å². The minimum atomic E-state index is -2.83. The molecule has 5 rings (SSSR count). The first-order chi connectivity index (χ1) is 12.5. The molecule has 4 aliphatic carbocycles. The minimum Gasteiger partial charge on any atom is -0.435 e. The van der Waals surface area contributed by atoms with Gasteiger partial charge in [0.2, 0.25) is 5.91 Å². The second kappa shape index (κ2) is 7.16. The average molecular weight is 363 g/mol. The predicted octanol–water partition coefficient (Wildman–Crippen LogP) is 4.55. The molecule has 0 spiro atoms. The zero-order valence-corrected chi connectivity index (χ0v) is 15.1. The van der Waals surface area contributed by atoms with Crippen LogP contribution in [-0.2, 0) is 11.2 Å². The molecule has 3 nitrogen and oxygen atoms in total. The third-order valence-electron chi connectivity index (χ3n) is 6.66. The SMILES string of the molecule is O=C(Cc1ccc(OC(F)F)cc1)NCCC12CC3CC(CC(C3)C1)C2. The molecular weight excluding hydrogens is 336 g/mol. The molecule has 1 amide bonds. The first-order valence-electron chi connectivity index (χ1n) is 9.80. The Hall–Kier alpha value is -1.65. The Balaban J connectivity index is 1.23. The molecule has 0 saturated heterocycles. The molecular formula is C21H27F2NO2. The summed E-state index contributed by atoms with van der Waals surface area (Å²) in [5.41, 5.74) is 1.29. The number of benzene rings is 1. The van der Waals surface area contributed by atoms with E-state index >= 15 is 0 Å². The molecule has 0 unspecified atom stereocenters. The van der Waals surface area contributed by atoms with Crippen molar-refractivity contribution in [2.45, 2.75) is 58.0 Å². The molecule has 0 aliphatic heterocycles. The van der Waals surface area contributed by atoms with Crippen molar-refractivity contribution >= 4 is 5.91 Å². The quantitative estimate of drug-likeness (QED) is 0.772. The number of carbonyl (C=O) groups excluding carboxylic acids is 1. The monoisotopic (exact) mass is 363 g/mol. The van der Waals surface area contributed by atoms with Gasteiger partial charge in [0.25, 0.3) is 0 Å². The Morgan fingerprint density at radius 1 is 1.08 bits per heavy atom. The maximum Gasteiger partial charge on any atom is 0.387 e. The summed E-state index contributed by atoms with van der Waals surface area (Å²) in [5, 5.41) is 3.06. The molecule has 1 aromatic rings. The number of carbonyl (C=O) groups is 1. The summed E-state index contributed by atoms with van der Waals surface area (Å²) < 4.78 is 28.6. The summed E-state index contributed by atoms with van der Waals surface area (Å²) in [7, 11) is 0. The van der Waals surface area contributed by atoms with Crippen LogP contribution in [0.25, 0.3) is 0 Å². The van der Waals surface area contributed by atoms with Gasteiger partial charge in [0.1, 0.15) is 5.75 Å². The Morgan fingerprint density at radius 3 is 2.19 bits per heavy atom.